The fraction of sp³-hybridized carbons (Fsp3) is 0.588. The number of carbonyl (C=O) groups is 1. The molecule has 0 aliphatic heterocycles. The molecule has 20 heavy (non-hydrogen) atoms. The highest BCUT2D eigenvalue weighted by molar-refractivity contribution is 5.82. The molecule has 1 N–H and O–H groups in total. The number of hydrogen-bond donors (Lipinski definition) is 1. The van der Waals surface area contributed by atoms with Crippen LogP contribution in [0.5, 0.6) is 0 Å². The maximum absolute atomic E-state index is 12.4. The molecule has 0 heterocycles. The monoisotopic (exact) mass is 273 g/mol. The van der Waals surface area contributed by atoms with Crippen LogP contribution in [-0.4, -0.2) is 35.1 Å². The Balaban J connectivity index is 1.57. The minimum atomic E-state index is -0.637. The molecule has 1 amide bonds. The van der Waals surface area contributed by atoms with Crippen molar-refractivity contribution in [2.75, 3.05) is 13.6 Å². The molecule has 3 heteroatoms. The number of likely N-dealkylation sites (N-methyl/N-ethyl adjacent to an activating group) is 1. The van der Waals surface area contributed by atoms with Crippen LogP contribution in [0.4, 0.5) is 0 Å². The summed E-state index contributed by atoms with van der Waals surface area (Å²) in [4.78, 5) is 14.2. The third kappa shape index (κ3) is 2.73. The molecule has 3 rings (SSSR count). The van der Waals surface area contributed by atoms with E-state index in [2.05, 4.69) is 12.1 Å². The number of rotatable bonds is 4. The highest BCUT2D eigenvalue weighted by Crippen LogP contribution is 2.48. The second-order valence-electron chi connectivity index (χ2n) is 6.49. The van der Waals surface area contributed by atoms with E-state index in [4.69, 9.17) is 0 Å². The van der Waals surface area contributed by atoms with Crippen molar-refractivity contribution < 1.29 is 9.90 Å². The Morgan fingerprint density at radius 3 is 2.60 bits per heavy atom. The zero-order valence-corrected chi connectivity index (χ0v) is 12.1. The van der Waals surface area contributed by atoms with E-state index < -0.39 is 5.60 Å². The molecule has 2 saturated carbocycles. The maximum Gasteiger partial charge on any atom is 0.226 e. The number of nitrogens with zero attached hydrogens (tertiary/aromatic N) is 1. The molecular formula is C17H23NO2. The van der Waals surface area contributed by atoms with Gasteiger partial charge in [0.2, 0.25) is 5.91 Å². The van der Waals surface area contributed by atoms with E-state index in [1.165, 1.54) is 5.56 Å². The largest absolute Gasteiger partial charge is 0.388 e. The highest BCUT2D eigenvalue weighted by atomic mass is 16.3. The normalized spacial score (nSPS) is 27.3. The fourth-order valence-corrected chi connectivity index (χ4v) is 3.53. The molecule has 2 fully saturated rings. The fourth-order valence-electron chi connectivity index (χ4n) is 3.53. The van der Waals surface area contributed by atoms with Gasteiger partial charge in [-0.2, -0.15) is 0 Å². The van der Waals surface area contributed by atoms with Crippen molar-refractivity contribution in [2.24, 2.45) is 5.92 Å². The lowest BCUT2D eigenvalue weighted by molar-refractivity contribution is -0.134. The minimum absolute atomic E-state index is 0.118. The van der Waals surface area contributed by atoms with Gasteiger partial charge in [0.1, 0.15) is 0 Å². The van der Waals surface area contributed by atoms with Gasteiger partial charge in [-0.3, -0.25) is 4.79 Å². The van der Waals surface area contributed by atoms with E-state index in [-0.39, 0.29) is 11.8 Å². The quantitative estimate of drug-likeness (QED) is 0.916. The second kappa shape index (κ2) is 5.21. The highest BCUT2D eigenvalue weighted by Gasteiger charge is 2.46. The third-order valence-electron chi connectivity index (χ3n) is 4.78. The molecule has 0 aromatic heterocycles. The predicted molar refractivity (Wildman–Crippen MR) is 78.3 cm³/mol. The summed E-state index contributed by atoms with van der Waals surface area (Å²) in [5, 5.41) is 10.4. The number of carbonyl (C=O) groups excluding carboxylic acids is 1. The van der Waals surface area contributed by atoms with E-state index in [9.17, 15) is 9.90 Å². The van der Waals surface area contributed by atoms with Crippen LogP contribution in [0.15, 0.2) is 30.3 Å². The summed E-state index contributed by atoms with van der Waals surface area (Å²) in [6, 6.07) is 10.3. The van der Waals surface area contributed by atoms with Crippen LogP contribution in [0, 0.1) is 5.92 Å². The Kier molecular flexibility index (Phi) is 3.55. The first-order valence-corrected chi connectivity index (χ1v) is 7.61. The van der Waals surface area contributed by atoms with Gasteiger partial charge < -0.3 is 10.0 Å². The van der Waals surface area contributed by atoms with Crippen molar-refractivity contribution in [3.05, 3.63) is 35.9 Å². The van der Waals surface area contributed by atoms with E-state index in [0.717, 1.165) is 32.1 Å². The lowest BCUT2D eigenvalue weighted by Crippen LogP contribution is -2.42. The third-order valence-corrected chi connectivity index (χ3v) is 4.78. The molecule has 2 unspecified atom stereocenters. The van der Waals surface area contributed by atoms with Crippen LogP contribution in [0.1, 0.15) is 43.6 Å². The second-order valence-corrected chi connectivity index (χ2v) is 6.49. The molecule has 1 aromatic rings. The van der Waals surface area contributed by atoms with Crippen molar-refractivity contribution in [1.29, 1.82) is 0 Å². The Morgan fingerprint density at radius 1 is 1.30 bits per heavy atom. The molecule has 2 atom stereocenters. The molecule has 1 aromatic carbocycles. The van der Waals surface area contributed by atoms with Crippen LogP contribution in [-0.2, 0) is 4.79 Å². The summed E-state index contributed by atoms with van der Waals surface area (Å²) >= 11 is 0. The van der Waals surface area contributed by atoms with Gasteiger partial charge in [0.15, 0.2) is 0 Å². The predicted octanol–water partition coefficient (Wildman–Crippen LogP) is 2.55. The van der Waals surface area contributed by atoms with Crippen LogP contribution in [0.2, 0.25) is 0 Å². The number of hydrogen-bond acceptors (Lipinski definition) is 2. The molecule has 0 bridgehead atoms. The molecular weight excluding hydrogens is 250 g/mol. The van der Waals surface area contributed by atoms with Crippen molar-refractivity contribution in [2.45, 2.75) is 43.6 Å². The molecule has 108 valence electrons. The maximum atomic E-state index is 12.4. The van der Waals surface area contributed by atoms with Crippen LogP contribution in [0.3, 0.4) is 0 Å². The van der Waals surface area contributed by atoms with E-state index in [1.54, 1.807) is 4.90 Å². The van der Waals surface area contributed by atoms with Gasteiger partial charge in [0.25, 0.3) is 0 Å². The van der Waals surface area contributed by atoms with Crippen LogP contribution >= 0.6 is 0 Å². The van der Waals surface area contributed by atoms with Crippen molar-refractivity contribution >= 4 is 5.91 Å². The first-order valence-electron chi connectivity index (χ1n) is 7.61. The van der Waals surface area contributed by atoms with Gasteiger partial charge in [0.05, 0.1) is 5.60 Å². The van der Waals surface area contributed by atoms with Crippen LogP contribution < -0.4 is 0 Å². The first-order chi connectivity index (χ1) is 9.59. The Bertz CT molecular complexity index is 479. The van der Waals surface area contributed by atoms with Crippen molar-refractivity contribution in [3.63, 3.8) is 0 Å². The van der Waals surface area contributed by atoms with E-state index in [1.807, 2.05) is 25.2 Å². The first kappa shape index (κ1) is 13.6. The lowest BCUT2D eigenvalue weighted by atomic mass is 10.0. The van der Waals surface area contributed by atoms with Gasteiger partial charge in [-0.1, -0.05) is 43.2 Å². The lowest BCUT2D eigenvalue weighted by Gasteiger charge is -2.28. The number of aliphatic hydroxyl groups is 1. The summed E-state index contributed by atoms with van der Waals surface area (Å²) < 4.78 is 0. The Hall–Kier alpha value is -1.35. The zero-order chi connectivity index (χ0) is 14.2. The van der Waals surface area contributed by atoms with Gasteiger partial charge in [0, 0.05) is 19.5 Å². The molecule has 2 aliphatic carbocycles. The summed E-state index contributed by atoms with van der Waals surface area (Å²) in [5.74, 6) is 0.691. The molecule has 0 saturated heterocycles. The zero-order valence-electron chi connectivity index (χ0n) is 12.1. The molecule has 0 spiro atoms. The summed E-state index contributed by atoms with van der Waals surface area (Å²) in [6.07, 6.45) is 4.77. The standard InChI is InChI=1S/C17H23NO2/c1-18(12-17(20)9-5-6-10-17)16(19)15-11-14(15)13-7-3-2-4-8-13/h2-4,7-8,14-15,20H,5-6,9-12H2,1H3. The smallest absolute Gasteiger partial charge is 0.226 e. The number of benzene rings is 1. The van der Waals surface area contributed by atoms with Gasteiger partial charge in [-0.25, -0.2) is 0 Å². The van der Waals surface area contributed by atoms with Crippen molar-refractivity contribution in [1.82, 2.24) is 4.90 Å². The van der Waals surface area contributed by atoms with E-state index >= 15 is 0 Å². The van der Waals surface area contributed by atoms with Gasteiger partial charge >= 0.3 is 0 Å². The van der Waals surface area contributed by atoms with E-state index in [0.29, 0.717) is 12.5 Å². The average Bonchev–Trinajstić information content (AvgIpc) is 3.15. The Morgan fingerprint density at radius 2 is 1.95 bits per heavy atom. The van der Waals surface area contributed by atoms with Gasteiger partial charge in [-0.15, -0.1) is 0 Å². The summed E-state index contributed by atoms with van der Waals surface area (Å²) in [7, 11) is 1.83. The average molecular weight is 273 g/mol. The summed E-state index contributed by atoms with van der Waals surface area (Å²) in [5.41, 5.74) is 0.625. The SMILES string of the molecule is CN(CC1(O)CCCC1)C(=O)C1CC1c1ccccc1. The Labute approximate surface area is 120 Å². The summed E-state index contributed by atoms with van der Waals surface area (Å²) in [6.45, 7) is 0.490. The van der Waals surface area contributed by atoms with Crippen molar-refractivity contribution in [3.8, 4) is 0 Å². The van der Waals surface area contributed by atoms with Crippen LogP contribution in [0.25, 0.3) is 0 Å². The molecule has 3 nitrogen and oxygen atoms in total. The topological polar surface area (TPSA) is 40.5 Å². The number of amides is 1. The minimum Gasteiger partial charge on any atom is -0.388 e. The molecule has 0 radical (unpaired) electrons. The molecule has 2 aliphatic rings. The van der Waals surface area contributed by atoms with Gasteiger partial charge in [-0.05, 0) is 30.7 Å².